The van der Waals surface area contributed by atoms with Crippen molar-refractivity contribution in [1.82, 2.24) is 16.0 Å². The Hall–Kier alpha value is -4.64. The zero-order valence-corrected chi connectivity index (χ0v) is 28.5. The van der Waals surface area contributed by atoms with E-state index in [2.05, 4.69) is 16.0 Å². The fourth-order valence-electron chi connectivity index (χ4n) is 7.76. The number of hydrogen-bond donors (Lipinski definition) is 3. The molecule has 5 nitrogen and oxygen atoms in total. The fraction of sp³-hybridized carbons (Fsp3) is 0.366. The Kier molecular flexibility index (Phi) is 11.1. The van der Waals surface area contributed by atoms with E-state index in [-0.39, 0.29) is 17.9 Å². The number of fused-ring (bicyclic) bond motifs is 3. The molecule has 4 aromatic carbocycles. The maximum atomic E-state index is 13.7. The number of carbonyl (C=O) groups is 2. The van der Waals surface area contributed by atoms with Gasteiger partial charge in [-0.05, 0) is 96.0 Å². The summed E-state index contributed by atoms with van der Waals surface area (Å²) in [6, 6.07) is 27.7. The second kappa shape index (κ2) is 15.5. The SMILES string of the molecule is O=C(NCCCCC1(C(=O)NCC(F)(F)F)c2ccccc2-c2ccccc21)C1CCC(NCc2ccccc2-c2ccc(C(F)(F)F)cc2)CC1. The van der Waals surface area contributed by atoms with E-state index in [9.17, 15) is 35.9 Å². The van der Waals surface area contributed by atoms with E-state index >= 15 is 0 Å². The van der Waals surface area contributed by atoms with Crippen molar-refractivity contribution < 1.29 is 35.9 Å². The number of amides is 2. The second-order valence-corrected chi connectivity index (χ2v) is 13.7. The van der Waals surface area contributed by atoms with Gasteiger partial charge in [-0.25, -0.2) is 0 Å². The molecule has 0 heterocycles. The second-order valence-electron chi connectivity index (χ2n) is 13.7. The van der Waals surface area contributed by atoms with Crippen molar-refractivity contribution in [2.24, 2.45) is 5.92 Å². The molecule has 2 aliphatic carbocycles. The van der Waals surface area contributed by atoms with E-state index in [1.807, 2.05) is 60.7 Å². The van der Waals surface area contributed by atoms with Crippen LogP contribution in [0.4, 0.5) is 26.3 Å². The quantitative estimate of drug-likeness (QED) is 0.101. The normalized spacial score (nSPS) is 18.0. The summed E-state index contributed by atoms with van der Waals surface area (Å²) in [7, 11) is 0. The Balaban J connectivity index is 0.992. The molecule has 2 aliphatic rings. The number of nitrogens with one attached hydrogen (secondary N) is 3. The van der Waals surface area contributed by atoms with Crippen LogP contribution in [0.15, 0.2) is 97.1 Å². The van der Waals surface area contributed by atoms with Crippen molar-refractivity contribution in [2.75, 3.05) is 13.1 Å². The summed E-state index contributed by atoms with van der Waals surface area (Å²) in [6.07, 6.45) is -4.56. The Morgan fingerprint density at radius 2 is 1.25 bits per heavy atom. The highest BCUT2D eigenvalue weighted by molar-refractivity contribution is 6.00. The van der Waals surface area contributed by atoms with Crippen LogP contribution in [0.2, 0.25) is 0 Å². The molecule has 274 valence electrons. The Labute approximate surface area is 299 Å². The van der Waals surface area contributed by atoms with E-state index < -0.39 is 35.8 Å². The van der Waals surface area contributed by atoms with Gasteiger partial charge in [0.25, 0.3) is 0 Å². The molecule has 1 fully saturated rings. The van der Waals surface area contributed by atoms with Gasteiger partial charge in [0.05, 0.1) is 5.56 Å². The number of rotatable bonds is 12. The van der Waals surface area contributed by atoms with Gasteiger partial charge in [0.2, 0.25) is 11.8 Å². The predicted molar refractivity (Wildman–Crippen MR) is 188 cm³/mol. The zero-order valence-electron chi connectivity index (χ0n) is 28.5. The summed E-state index contributed by atoms with van der Waals surface area (Å²) in [5.41, 5.74) is 3.65. The monoisotopic (exact) mass is 721 g/mol. The third kappa shape index (κ3) is 8.20. The summed E-state index contributed by atoms with van der Waals surface area (Å²) in [5.74, 6) is -0.842. The molecule has 0 bridgehead atoms. The first-order valence-corrected chi connectivity index (χ1v) is 17.7. The van der Waals surface area contributed by atoms with Crippen LogP contribution in [-0.2, 0) is 27.7 Å². The Morgan fingerprint density at radius 1 is 0.673 bits per heavy atom. The number of carbonyl (C=O) groups excluding carboxylic acids is 2. The molecule has 1 saturated carbocycles. The van der Waals surface area contributed by atoms with Gasteiger partial charge in [-0.1, -0.05) is 84.9 Å². The van der Waals surface area contributed by atoms with Gasteiger partial charge in [0, 0.05) is 25.0 Å². The molecule has 3 N–H and O–H groups in total. The topological polar surface area (TPSA) is 70.2 Å². The van der Waals surface area contributed by atoms with E-state index in [4.69, 9.17) is 0 Å². The standard InChI is InChI=1S/C41H41F6N3O2/c42-40(43,44)26-50-38(52)39(35-13-5-3-11-33(35)34-12-4-6-14-36(34)39)23-7-8-24-48-37(51)28-17-21-31(22-18-28)49-25-29-9-1-2-10-32(29)27-15-19-30(20-16-27)41(45,46)47/h1-6,9-16,19-20,28,31,49H,7-8,17-18,21-26H2,(H,48,51)(H,50,52). The highest BCUT2D eigenvalue weighted by Crippen LogP contribution is 2.51. The third-order valence-electron chi connectivity index (χ3n) is 10.4. The number of benzene rings is 4. The lowest BCUT2D eigenvalue weighted by molar-refractivity contribution is -0.141. The first-order chi connectivity index (χ1) is 24.9. The van der Waals surface area contributed by atoms with E-state index in [0.29, 0.717) is 61.9 Å². The summed E-state index contributed by atoms with van der Waals surface area (Å²) < 4.78 is 78.6. The van der Waals surface area contributed by atoms with Crippen LogP contribution in [0.1, 0.15) is 67.2 Å². The number of halogens is 6. The summed E-state index contributed by atoms with van der Waals surface area (Å²) in [5, 5.41) is 8.76. The largest absolute Gasteiger partial charge is 0.416 e. The van der Waals surface area contributed by atoms with Crippen LogP contribution in [0.3, 0.4) is 0 Å². The first-order valence-electron chi connectivity index (χ1n) is 17.7. The van der Waals surface area contributed by atoms with Crippen LogP contribution in [-0.4, -0.2) is 37.1 Å². The van der Waals surface area contributed by atoms with Crippen molar-refractivity contribution >= 4 is 11.8 Å². The highest BCUT2D eigenvalue weighted by atomic mass is 19.4. The lowest BCUT2D eigenvalue weighted by atomic mass is 9.73. The van der Waals surface area contributed by atoms with Crippen LogP contribution in [0, 0.1) is 5.92 Å². The van der Waals surface area contributed by atoms with Gasteiger partial charge in [0.15, 0.2) is 0 Å². The minimum Gasteiger partial charge on any atom is -0.356 e. The van der Waals surface area contributed by atoms with Gasteiger partial charge in [-0.15, -0.1) is 0 Å². The minimum atomic E-state index is -4.54. The molecule has 52 heavy (non-hydrogen) atoms. The van der Waals surface area contributed by atoms with Crippen LogP contribution < -0.4 is 16.0 Å². The van der Waals surface area contributed by atoms with E-state index in [1.54, 1.807) is 12.1 Å². The lowest BCUT2D eigenvalue weighted by Crippen LogP contribution is -2.47. The van der Waals surface area contributed by atoms with Gasteiger partial charge in [-0.2, -0.15) is 26.3 Å². The number of alkyl halides is 6. The van der Waals surface area contributed by atoms with Gasteiger partial charge in [0.1, 0.15) is 12.0 Å². The number of unbranched alkanes of at least 4 members (excludes halogenated alkanes) is 1. The highest BCUT2D eigenvalue weighted by Gasteiger charge is 2.49. The molecule has 4 aromatic rings. The average Bonchev–Trinajstić information content (AvgIpc) is 3.43. The molecular weight excluding hydrogens is 680 g/mol. The fourth-order valence-corrected chi connectivity index (χ4v) is 7.76. The van der Waals surface area contributed by atoms with Gasteiger partial charge in [-0.3, -0.25) is 9.59 Å². The Bertz CT molecular complexity index is 1820. The predicted octanol–water partition coefficient (Wildman–Crippen LogP) is 8.95. The van der Waals surface area contributed by atoms with Crippen molar-refractivity contribution in [3.05, 3.63) is 119 Å². The molecule has 6 rings (SSSR count). The molecule has 0 aliphatic heterocycles. The van der Waals surface area contributed by atoms with E-state index in [0.717, 1.165) is 47.2 Å². The van der Waals surface area contributed by atoms with E-state index in [1.165, 1.54) is 12.1 Å². The van der Waals surface area contributed by atoms with Crippen molar-refractivity contribution in [3.8, 4) is 22.3 Å². The maximum Gasteiger partial charge on any atom is 0.416 e. The molecule has 0 unspecified atom stereocenters. The number of hydrogen-bond acceptors (Lipinski definition) is 3. The smallest absolute Gasteiger partial charge is 0.356 e. The zero-order chi connectivity index (χ0) is 36.9. The lowest BCUT2D eigenvalue weighted by Gasteiger charge is -2.31. The van der Waals surface area contributed by atoms with Crippen LogP contribution in [0.25, 0.3) is 22.3 Å². The third-order valence-corrected chi connectivity index (χ3v) is 10.4. The maximum absolute atomic E-state index is 13.7. The summed E-state index contributed by atoms with van der Waals surface area (Å²) in [6.45, 7) is -0.480. The van der Waals surface area contributed by atoms with Crippen LogP contribution >= 0.6 is 0 Å². The Morgan fingerprint density at radius 3 is 1.85 bits per heavy atom. The molecule has 0 aromatic heterocycles. The summed E-state index contributed by atoms with van der Waals surface area (Å²) in [4.78, 5) is 26.8. The summed E-state index contributed by atoms with van der Waals surface area (Å²) >= 11 is 0. The van der Waals surface area contributed by atoms with Crippen molar-refractivity contribution in [3.63, 3.8) is 0 Å². The van der Waals surface area contributed by atoms with Crippen molar-refractivity contribution in [2.45, 2.75) is 75.3 Å². The van der Waals surface area contributed by atoms with Gasteiger partial charge >= 0.3 is 12.4 Å². The molecular formula is C41H41F6N3O2. The molecule has 0 spiro atoms. The molecule has 2 amide bonds. The van der Waals surface area contributed by atoms with Crippen molar-refractivity contribution in [1.29, 1.82) is 0 Å². The minimum absolute atomic E-state index is 0.0275. The average molecular weight is 722 g/mol. The molecule has 0 radical (unpaired) electrons. The first kappa shape index (κ1) is 37.1. The molecule has 0 saturated heterocycles. The van der Waals surface area contributed by atoms with Gasteiger partial charge < -0.3 is 16.0 Å². The molecule has 11 heteroatoms. The molecule has 0 atom stereocenters. The van der Waals surface area contributed by atoms with Crippen LogP contribution in [0.5, 0.6) is 0 Å².